The molecule has 11 nitrogen and oxygen atoms in total. The zero-order valence-corrected chi connectivity index (χ0v) is 17.6. The molecular formula is C13H13ClN6O5S3. The van der Waals surface area contributed by atoms with Crippen LogP contribution < -0.4 is 5.73 Å². The van der Waals surface area contributed by atoms with E-state index in [1.165, 1.54) is 19.1 Å². The van der Waals surface area contributed by atoms with Crippen LogP contribution in [-0.2, 0) is 20.8 Å². The smallest absolute Gasteiger partial charge is 0.296 e. The molecule has 0 amide bonds. The van der Waals surface area contributed by atoms with Crippen molar-refractivity contribution in [3.63, 3.8) is 0 Å². The van der Waals surface area contributed by atoms with Crippen molar-refractivity contribution in [2.75, 3.05) is 5.73 Å². The van der Waals surface area contributed by atoms with E-state index in [0.717, 1.165) is 16.0 Å². The van der Waals surface area contributed by atoms with Crippen LogP contribution in [0.1, 0.15) is 18.0 Å². The van der Waals surface area contributed by atoms with Crippen LogP contribution >= 0.6 is 22.9 Å². The van der Waals surface area contributed by atoms with Crippen molar-refractivity contribution in [2.45, 2.75) is 24.1 Å². The van der Waals surface area contributed by atoms with Gasteiger partial charge in [-0.15, -0.1) is 10.2 Å². The largest absolute Gasteiger partial charge is 0.382 e. The lowest BCUT2D eigenvalue weighted by molar-refractivity contribution is 0.483. The summed E-state index contributed by atoms with van der Waals surface area (Å²) in [5.41, 5.74) is 6.86. The van der Waals surface area contributed by atoms with Gasteiger partial charge in [0.15, 0.2) is 22.2 Å². The minimum atomic E-state index is -4.48. The third kappa shape index (κ3) is 3.86. The maximum Gasteiger partial charge on any atom is 0.296 e. The minimum Gasteiger partial charge on any atom is -0.382 e. The molecule has 0 aliphatic carbocycles. The standard InChI is InChI=1S/C13H13ClN6O5S3/c1-5-11(12(15)20(19-5)6(2)27(21)22)17-18-13-16-8-3-7(14)10(28(23,24)25)4-9(8)26-13/h3-4,6,27H,15H2,1-2H3,(H,23,24,25). The van der Waals surface area contributed by atoms with Crippen LogP contribution in [0.2, 0.25) is 5.02 Å². The van der Waals surface area contributed by atoms with Gasteiger partial charge in [-0.2, -0.15) is 13.5 Å². The van der Waals surface area contributed by atoms with Crippen LogP contribution in [0.4, 0.5) is 16.6 Å². The molecule has 3 N–H and O–H groups in total. The molecular weight excluding hydrogens is 452 g/mol. The van der Waals surface area contributed by atoms with Crippen molar-refractivity contribution >= 4 is 70.6 Å². The molecule has 0 fully saturated rings. The first-order valence-corrected chi connectivity index (χ1v) is 11.3. The summed E-state index contributed by atoms with van der Waals surface area (Å²) in [5, 5.41) is 11.1. The van der Waals surface area contributed by atoms with Crippen LogP contribution in [-0.4, -0.2) is 36.2 Å². The Morgan fingerprint density at radius 3 is 2.64 bits per heavy atom. The number of halogens is 1. The van der Waals surface area contributed by atoms with Gasteiger partial charge in [0.1, 0.15) is 10.3 Å². The molecule has 0 saturated heterocycles. The quantitative estimate of drug-likeness (QED) is 0.294. The number of hydrogen-bond donors (Lipinski definition) is 3. The average molecular weight is 465 g/mol. The first kappa shape index (κ1) is 20.6. The van der Waals surface area contributed by atoms with E-state index in [9.17, 15) is 21.4 Å². The highest BCUT2D eigenvalue weighted by molar-refractivity contribution is 7.86. The summed E-state index contributed by atoms with van der Waals surface area (Å²) in [6, 6.07) is 2.48. The van der Waals surface area contributed by atoms with Crippen molar-refractivity contribution in [1.29, 1.82) is 0 Å². The first-order valence-electron chi connectivity index (χ1n) is 7.46. The Labute approximate surface area is 169 Å². The Morgan fingerprint density at radius 2 is 2.04 bits per heavy atom. The summed E-state index contributed by atoms with van der Waals surface area (Å²) in [6.45, 7) is 3.03. The van der Waals surface area contributed by atoms with Crippen LogP contribution in [0.25, 0.3) is 10.2 Å². The maximum absolute atomic E-state index is 11.3. The predicted octanol–water partition coefficient (Wildman–Crippen LogP) is 2.83. The fraction of sp³-hybridized carbons (Fsp3) is 0.231. The zero-order valence-electron chi connectivity index (χ0n) is 14.3. The van der Waals surface area contributed by atoms with E-state index in [-0.39, 0.29) is 21.7 Å². The van der Waals surface area contributed by atoms with E-state index in [2.05, 4.69) is 20.3 Å². The third-order valence-corrected chi connectivity index (χ3v) is 6.74. The van der Waals surface area contributed by atoms with Gasteiger partial charge in [0.25, 0.3) is 10.1 Å². The Balaban J connectivity index is 2.01. The molecule has 15 heteroatoms. The molecule has 0 aliphatic rings. The number of aryl methyl sites for hydroxylation is 1. The van der Waals surface area contributed by atoms with Gasteiger partial charge in [-0.1, -0.05) is 22.9 Å². The fourth-order valence-electron chi connectivity index (χ4n) is 2.31. The molecule has 0 radical (unpaired) electrons. The highest BCUT2D eigenvalue weighted by atomic mass is 35.5. The van der Waals surface area contributed by atoms with Crippen molar-refractivity contribution < 1.29 is 21.4 Å². The molecule has 0 saturated carbocycles. The summed E-state index contributed by atoms with van der Waals surface area (Å²) in [6.07, 6.45) is 0. The molecule has 0 aliphatic heterocycles. The third-order valence-electron chi connectivity index (χ3n) is 3.69. The summed E-state index contributed by atoms with van der Waals surface area (Å²) in [5.74, 6) is 0.0331. The minimum absolute atomic E-state index is 0.0331. The molecule has 2 aromatic heterocycles. The number of thiazole rings is 1. The first-order chi connectivity index (χ1) is 13.0. The van der Waals surface area contributed by atoms with Gasteiger partial charge in [-0.05, 0) is 26.0 Å². The average Bonchev–Trinajstić information content (AvgIpc) is 3.10. The molecule has 3 rings (SSSR count). The number of azo groups is 1. The monoisotopic (exact) mass is 464 g/mol. The number of nitrogen functional groups attached to an aromatic ring is 1. The SMILES string of the molecule is Cc1nn(C(C)[SH](=O)=O)c(N)c1N=Nc1nc2cc(Cl)c(S(=O)(=O)O)cc2s1. The van der Waals surface area contributed by atoms with Gasteiger partial charge in [0.05, 0.1) is 20.9 Å². The number of thiol groups is 1. The van der Waals surface area contributed by atoms with Crippen LogP contribution in [0.3, 0.4) is 0 Å². The molecule has 1 atom stereocenters. The van der Waals surface area contributed by atoms with Crippen molar-refractivity contribution in [2.24, 2.45) is 10.2 Å². The highest BCUT2D eigenvalue weighted by Crippen LogP contribution is 2.36. The summed E-state index contributed by atoms with van der Waals surface area (Å²) in [4.78, 5) is 3.74. The normalized spacial score (nSPS) is 13.8. The van der Waals surface area contributed by atoms with Crippen LogP contribution in [0.15, 0.2) is 27.3 Å². The second kappa shape index (κ2) is 7.36. The van der Waals surface area contributed by atoms with E-state index in [0.29, 0.717) is 15.9 Å². The van der Waals surface area contributed by atoms with Crippen molar-refractivity contribution in [3.05, 3.63) is 22.8 Å². The molecule has 1 unspecified atom stereocenters. The van der Waals surface area contributed by atoms with E-state index in [1.807, 2.05) is 0 Å². The van der Waals surface area contributed by atoms with Crippen molar-refractivity contribution in [3.8, 4) is 0 Å². The van der Waals surface area contributed by atoms with Gasteiger partial charge in [0, 0.05) is 0 Å². The molecule has 0 bridgehead atoms. The van der Waals surface area contributed by atoms with Gasteiger partial charge in [0.2, 0.25) is 5.13 Å². The summed E-state index contributed by atoms with van der Waals surface area (Å²) in [7, 11) is -7.26. The van der Waals surface area contributed by atoms with Gasteiger partial charge in [-0.3, -0.25) is 4.55 Å². The zero-order chi connectivity index (χ0) is 20.8. The fourth-order valence-corrected chi connectivity index (χ4v) is 4.57. The van der Waals surface area contributed by atoms with E-state index in [4.69, 9.17) is 17.3 Å². The number of anilines is 1. The molecule has 0 spiro atoms. The van der Waals surface area contributed by atoms with E-state index >= 15 is 0 Å². The molecule has 28 heavy (non-hydrogen) atoms. The maximum atomic E-state index is 11.3. The highest BCUT2D eigenvalue weighted by Gasteiger charge is 2.19. The molecule has 150 valence electrons. The van der Waals surface area contributed by atoms with Gasteiger partial charge in [-0.25, -0.2) is 18.1 Å². The lowest BCUT2D eigenvalue weighted by Gasteiger charge is -2.05. The van der Waals surface area contributed by atoms with Gasteiger partial charge < -0.3 is 5.73 Å². The Kier molecular flexibility index (Phi) is 5.42. The number of aromatic nitrogens is 3. The molecule has 3 aromatic rings. The van der Waals surface area contributed by atoms with Crippen LogP contribution in [0, 0.1) is 6.92 Å². The Bertz CT molecular complexity index is 1290. The van der Waals surface area contributed by atoms with E-state index in [1.54, 1.807) is 6.92 Å². The second-order valence-corrected chi connectivity index (χ2v) is 9.73. The number of nitrogens with two attached hydrogens (primary N) is 1. The number of rotatable bonds is 5. The van der Waals surface area contributed by atoms with E-state index < -0.39 is 31.1 Å². The lowest BCUT2D eigenvalue weighted by atomic mass is 10.3. The van der Waals surface area contributed by atoms with Crippen molar-refractivity contribution in [1.82, 2.24) is 14.8 Å². The second-order valence-electron chi connectivity index (χ2n) is 5.60. The lowest BCUT2D eigenvalue weighted by Crippen LogP contribution is -2.11. The topological polar surface area (TPSA) is 170 Å². The number of nitrogens with zero attached hydrogens (tertiary/aromatic N) is 5. The summed E-state index contributed by atoms with van der Waals surface area (Å²) >= 11 is 6.88. The number of fused-ring (bicyclic) bond motifs is 1. The predicted molar refractivity (Wildman–Crippen MR) is 105 cm³/mol. The summed E-state index contributed by atoms with van der Waals surface area (Å²) < 4.78 is 55.8. The number of hydrogen-bond acceptors (Lipinski definition) is 10. The van der Waals surface area contributed by atoms with Gasteiger partial charge >= 0.3 is 0 Å². The Morgan fingerprint density at radius 1 is 1.36 bits per heavy atom. The van der Waals surface area contributed by atoms with Crippen LogP contribution in [0.5, 0.6) is 0 Å². The molecule has 2 heterocycles. The molecule has 1 aromatic carbocycles. The Hall–Kier alpha value is -2.13. The number of benzene rings is 1.